The smallest absolute Gasteiger partial charge is 0.310 e. The molecule has 0 heterocycles. The summed E-state index contributed by atoms with van der Waals surface area (Å²) >= 11 is 0. The Kier molecular flexibility index (Phi) is 5.34. The van der Waals surface area contributed by atoms with Crippen molar-refractivity contribution in [3.8, 4) is 0 Å². The SMILES string of the molecule is C[C@@H]1CC[C@]2(C(=O)O)CC[C@]3(C)[C@@H](CC[C@@H]4[C@@]5(C)CC[C@H](O)C(C)(C)[C@H]5CC[C@]43C)[C@H]2[C@]1(C)O. The lowest BCUT2D eigenvalue weighted by Crippen LogP contribution is -2.70. The van der Waals surface area contributed by atoms with Gasteiger partial charge in [-0.05, 0) is 116 Å². The van der Waals surface area contributed by atoms with Crippen molar-refractivity contribution >= 4 is 5.97 Å². The fraction of sp³-hybridized carbons (Fsp3) is 0.967. The first-order chi connectivity index (χ1) is 15.6. The Bertz CT molecular complexity index is 864. The van der Waals surface area contributed by atoms with E-state index in [0.717, 1.165) is 51.4 Å². The third kappa shape index (κ3) is 2.77. The van der Waals surface area contributed by atoms with Crippen molar-refractivity contribution in [3.63, 3.8) is 0 Å². The van der Waals surface area contributed by atoms with Gasteiger partial charge in [0.25, 0.3) is 0 Å². The van der Waals surface area contributed by atoms with Gasteiger partial charge in [0.1, 0.15) is 0 Å². The van der Waals surface area contributed by atoms with Crippen LogP contribution in [-0.2, 0) is 4.79 Å². The second-order valence-electron chi connectivity index (χ2n) is 15.1. The number of aliphatic hydroxyl groups excluding tert-OH is 1. The molecular formula is C30H50O4. The van der Waals surface area contributed by atoms with E-state index in [1.54, 1.807) is 0 Å². The molecule has 5 aliphatic carbocycles. The van der Waals surface area contributed by atoms with Gasteiger partial charge in [-0.25, -0.2) is 0 Å². The Morgan fingerprint density at radius 2 is 1.44 bits per heavy atom. The maximum Gasteiger partial charge on any atom is 0.310 e. The minimum absolute atomic E-state index is 0.0365. The molecule has 4 nitrogen and oxygen atoms in total. The van der Waals surface area contributed by atoms with E-state index in [2.05, 4.69) is 41.5 Å². The second-order valence-corrected chi connectivity index (χ2v) is 15.1. The Hall–Kier alpha value is -0.610. The largest absolute Gasteiger partial charge is 0.481 e. The summed E-state index contributed by atoms with van der Waals surface area (Å²) < 4.78 is 0. The highest BCUT2D eigenvalue weighted by atomic mass is 16.4. The zero-order valence-corrected chi connectivity index (χ0v) is 22.8. The van der Waals surface area contributed by atoms with Crippen LogP contribution in [0.3, 0.4) is 0 Å². The van der Waals surface area contributed by atoms with E-state index in [1.165, 1.54) is 0 Å². The van der Waals surface area contributed by atoms with E-state index in [1.807, 2.05) is 6.92 Å². The van der Waals surface area contributed by atoms with Crippen molar-refractivity contribution in [1.29, 1.82) is 0 Å². The van der Waals surface area contributed by atoms with Crippen molar-refractivity contribution < 1.29 is 20.1 Å². The maximum absolute atomic E-state index is 12.9. The molecule has 5 rings (SSSR count). The van der Waals surface area contributed by atoms with E-state index in [4.69, 9.17) is 0 Å². The molecule has 0 aromatic rings. The van der Waals surface area contributed by atoms with Gasteiger partial charge in [0.2, 0.25) is 0 Å². The summed E-state index contributed by atoms with van der Waals surface area (Å²) in [4.78, 5) is 12.9. The highest BCUT2D eigenvalue weighted by Gasteiger charge is 2.73. The highest BCUT2D eigenvalue weighted by Crippen LogP contribution is 2.77. The fourth-order valence-electron chi connectivity index (χ4n) is 11.7. The number of fused-ring (bicyclic) bond motifs is 7. The van der Waals surface area contributed by atoms with Crippen LogP contribution in [0, 0.1) is 56.7 Å². The van der Waals surface area contributed by atoms with Crippen LogP contribution in [-0.4, -0.2) is 33.0 Å². The molecule has 5 saturated carbocycles. The third-order valence-electron chi connectivity index (χ3n) is 14.1. The Morgan fingerprint density at radius 3 is 2.09 bits per heavy atom. The molecule has 0 radical (unpaired) electrons. The van der Waals surface area contributed by atoms with Crippen LogP contribution in [0.1, 0.15) is 113 Å². The van der Waals surface area contributed by atoms with Crippen molar-refractivity contribution in [2.24, 2.45) is 56.7 Å². The standard InChI is InChI=1S/C30H50O4/c1-18-10-15-30(24(32)33)17-16-27(5)19(23(30)29(18,7)34)8-9-21-26(4)13-12-22(31)25(2,3)20(26)11-14-28(21,27)6/h18-23,31,34H,8-17H2,1-7H3,(H,32,33)/t18-,19+,20-,21-,22+,23+,26+,27-,28-,29-,30+/m1/s1. The van der Waals surface area contributed by atoms with E-state index >= 15 is 0 Å². The van der Waals surface area contributed by atoms with Gasteiger partial charge in [-0.1, -0.05) is 41.5 Å². The molecule has 34 heavy (non-hydrogen) atoms. The molecule has 0 bridgehead atoms. The average Bonchev–Trinajstić information content (AvgIpc) is 2.74. The molecule has 11 atom stereocenters. The maximum atomic E-state index is 12.9. The monoisotopic (exact) mass is 474 g/mol. The number of carboxylic acid groups (broad SMARTS) is 1. The van der Waals surface area contributed by atoms with Crippen molar-refractivity contribution in [2.45, 2.75) is 124 Å². The van der Waals surface area contributed by atoms with Gasteiger partial charge in [0, 0.05) is 5.92 Å². The summed E-state index contributed by atoms with van der Waals surface area (Å²) in [5.41, 5.74) is -1.38. The fourth-order valence-corrected chi connectivity index (χ4v) is 11.7. The Balaban J connectivity index is 1.58. The molecule has 0 aromatic heterocycles. The normalized spacial score (nSPS) is 58.6. The lowest BCUT2D eigenvalue weighted by molar-refractivity contribution is -0.277. The van der Waals surface area contributed by atoms with E-state index in [9.17, 15) is 20.1 Å². The molecular weight excluding hydrogens is 424 g/mol. The van der Waals surface area contributed by atoms with Crippen LogP contribution in [0.4, 0.5) is 0 Å². The number of carbonyl (C=O) groups is 1. The predicted octanol–water partition coefficient (Wildman–Crippen LogP) is 6.28. The molecule has 0 saturated heterocycles. The van der Waals surface area contributed by atoms with Crippen LogP contribution in [0.15, 0.2) is 0 Å². The molecule has 5 aliphatic rings. The lowest BCUT2D eigenvalue weighted by atomic mass is 9.31. The number of rotatable bonds is 1. The zero-order chi connectivity index (χ0) is 25.1. The topological polar surface area (TPSA) is 77.8 Å². The van der Waals surface area contributed by atoms with Gasteiger partial charge in [0.15, 0.2) is 0 Å². The number of hydrogen-bond donors (Lipinski definition) is 3. The van der Waals surface area contributed by atoms with Crippen LogP contribution < -0.4 is 0 Å². The van der Waals surface area contributed by atoms with E-state index < -0.39 is 17.0 Å². The Morgan fingerprint density at radius 1 is 0.765 bits per heavy atom. The molecule has 4 heteroatoms. The predicted molar refractivity (Wildman–Crippen MR) is 134 cm³/mol. The van der Waals surface area contributed by atoms with Crippen LogP contribution in [0.5, 0.6) is 0 Å². The molecule has 5 fully saturated rings. The average molecular weight is 475 g/mol. The van der Waals surface area contributed by atoms with E-state index in [0.29, 0.717) is 24.7 Å². The molecule has 0 amide bonds. The Labute approximate surface area is 207 Å². The molecule has 0 spiro atoms. The molecule has 0 aromatic carbocycles. The molecule has 3 N–H and O–H groups in total. The quantitative estimate of drug-likeness (QED) is 0.418. The van der Waals surface area contributed by atoms with E-state index in [-0.39, 0.29) is 45.5 Å². The number of aliphatic carboxylic acids is 1. The summed E-state index contributed by atoms with van der Waals surface area (Å²) in [6, 6.07) is 0. The number of carboxylic acids is 1. The van der Waals surface area contributed by atoms with Gasteiger partial charge in [-0.2, -0.15) is 0 Å². The van der Waals surface area contributed by atoms with Crippen LogP contribution >= 0.6 is 0 Å². The second kappa shape index (κ2) is 7.24. The first-order valence-electron chi connectivity index (χ1n) is 14.2. The summed E-state index contributed by atoms with van der Waals surface area (Å²) in [5, 5.41) is 33.4. The molecule has 0 unspecified atom stereocenters. The summed E-state index contributed by atoms with van der Waals surface area (Å²) in [5.74, 6) is 0.660. The van der Waals surface area contributed by atoms with Crippen molar-refractivity contribution in [2.75, 3.05) is 0 Å². The number of aliphatic hydroxyl groups is 2. The van der Waals surface area contributed by atoms with Gasteiger partial charge < -0.3 is 15.3 Å². The summed E-state index contributed by atoms with van der Waals surface area (Å²) in [7, 11) is 0. The highest BCUT2D eigenvalue weighted by molar-refractivity contribution is 5.76. The minimum atomic E-state index is -0.940. The minimum Gasteiger partial charge on any atom is -0.481 e. The third-order valence-corrected chi connectivity index (χ3v) is 14.1. The molecule has 194 valence electrons. The van der Waals surface area contributed by atoms with Crippen molar-refractivity contribution in [1.82, 2.24) is 0 Å². The number of hydrogen-bond acceptors (Lipinski definition) is 3. The zero-order valence-electron chi connectivity index (χ0n) is 22.8. The van der Waals surface area contributed by atoms with Crippen LogP contribution in [0.25, 0.3) is 0 Å². The molecule has 0 aliphatic heterocycles. The van der Waals surface area contributed by atoms with Crippen LogP contribution in [0.2, 0.25) is 0 Å². The van der Waals surface area contributed by atoms with Crippen molar-refractivity contribution in [3.05, 3.63) is 0 Å². The van der Waals surface area contributed by atoms with Gasteiger partial charge in [0.05, 0.1) is 17.1 Å². The first kappa shape index (κ1) is 25.1. The van der Waals surface area contributed by atoms with Gasteiger partial charge >= 0.3 is 5.97 Å². The van der Waals surface area contributed by atoms with Gasteiger partial charge in [-0.15, -0.1) is 0 Å². The lowest BCUT2D eigenvalue weighted by Gasteiger charge is -2.74. The first-order valence-corrected chi connectivity index (χ1v) is 14.2. The summed E-state index contributed by atoms with van der Waals surface area (Å²) in [6.45, 7) is 16.2. The van der Waals surface area contributed by atoms with Gasteiger partial charge in [-0.3, -0.25) is 4.79 Å². The summed E-state index contributed by atoms with van der Waals surface area (Å²) in [6.07, 6.45) is 9.43.